The molecular formula is C19H20Cl2N2. The molecule has 1 unspecified atom stereocenters. The van der Waals surface area contributed by atoms with Crippen molar-refractivity contribution in [3.63, 3.8) is 0 Å². The lowest BCUT2D eigenvalue weighted by Crippen LogP contribution is -2.28. The fourth-order valence-electron chi connectivity index (χ4n) is 3.17. The van der Waals surface area contributed by atoms with Crippen LogP contribution in [0.3, 0.4) is 0 Å². The molecule has 3 N–H and O–H groups in total. The predicted molar refractivity (Wildman–Crippen MR) is 99.0 cm³/mol. The number of nitrogens with two attached hydrogens (primary N) is 1. The summed E-state index contributed by atoms with van der Waals surface area (Å²) in [5, 5.41) is 4.91. The molecule has 1 aliphatic heterocycles. The van der Waals surface area contributed by atoms with Crippen LogP contribution in [-0.4, -0.2) is 19.1 Å². The van der Waals surface area contributed by atoms with Gasteiger partial charge in [0.25, 0.3) is 0 Å². The lowest BCUT2D eigenvalue weighted by molar-refractivity contribution is 0.590. The van der Waals surface area contributed by atoms with Gasteiger partial charge in [0.1, 0.15) is 0 Å². The minimum atomic E-state index is 0.307. The van der Waals surface area contributed by atoms with E-state index < -0.39 is 0 Å². The van der Waals surface area contributed by atoms with E-state index in [1.165, 1.54) is 16.7 Å². The van der Waals surface area contributed by atoms with E-state index in [2.05, 4.69) is 29.6 Å². The summed E-state index contributed by atoms with van der Waals surface area (Å²) in [4.78, 5) is 0. The smallest absolute Gasteiger partial charge is 0.0496 e. The number of aryl methyl sites for hydroxylation is 1. The Bertz CT molecular complexity index is 711. The van der Waals surface area contributed by atoms with E-state index in [1.54, 1.807) is 6.07 Å². The first-order chi connectivity index (χ1) is 11.2. The Morgan fingerprint density at radius 2 is 1.87 bits per heavy atom. The van der Waals surface area contributed by atoms with Gasteiger partial charge in [-0.1, -0.05) is 59.6 Å². The Morgan fingerprint density at radius 1 is 1.09 bits per heavy atom. The highest BCUT2D eigenvalue weighted by Crippen LogP contribution is 2.33. The Balaban J connectivity index is 1.80. The first-order valence-corrected chi connectivity index (χ1v) is 8.59. The van der Waals surface area contributed by atoms with Crippen molar-refractivity contribution in [2.75, 3.05) is 13.1 Å². The second-order valence-corrected chi connectivity index (χ2v) is 6.63. The minimum Gasteiger partial charge on any atom is -0.327 e. The van der Waals surface area contributed by atoms with Crippen LogP contribution in [0.4, 0.5) is 0 Å². The largest absolute Gasteiger partial charge is 0.327 e. The van der Waals surface area contributed by atoms with Crippen LogP contribution < -0.4 is 11.1 Å². The van der Waals surface area contributed by atoms with Crippen molar-refractivity contribution in [1.82, 2.24) is 5.32 Å². The van der Waals surface area contributed by atoms with E-state index in [4.69, 9.17) is 28.9 Å². The van der Waals surface area contributed by atoms with Gasteiger partial charge in [0.05, 0.1) is 0 Å². The second kappa shape index (κ2) is 7.50. The number of hydrogen-bond acceptors (Lipinski definition) is 2. The normalized spacial score (nSPS) is 17.8. The average Bonchev–Trinajstić information content (AvgIpc) is 2.96. The zero-order valence-corrected chi connectivity index (χ0v) is 14.4. The molecule has 0 fully saturated rings. The highest BCUT2D eigenvalue weighted by molar-refractivity contribution is 6.35. The summed E-state index contributed by atoms with van der Waals surface area (Å²) in [5.74, 6) is 0. The molecule has 2 nitrogen and oxygen atoms in total. The molecule has 4 heteroatoms. The van der Waals surface area contributed by atoms with E-state index in [9.17, 15) is 0 Å². The summed E-state index contributed by atoms with van der Waals surface area (Å²) >= 11 is 12.4. The van der Waals surface area contributed by atoms with Gasteiger partial charge < -0.3 is 11.1 Å². The summed E-state index contributed by atoms with van der Waals surface area (Å²) in [7, 11) is 0. The topological polar surface area (TPSA) is 38.0 Å². The summed E-state index contributed by atoms with van der Waals surface area (Å²) in [6.45, 7) is 1.34. The molecule has 0 saturated carbocycles. The first-order valence-electron chi connectivity index (χ1n) is 7.83. The Morgan fingerprint density at radius 3 is 2.57 bits per heavy atom. The van der Waals surface area contributed by atoms with Crippen molar-refractivity contribution < 1.29 is 0 Å². The van der Waals surface area contributed by atoms with Crippen molar-refractivity contribution in [2.45, 2.75) is 18.9 Å². The van der Waals surface area contributed by atoms with Gasteiger partial charge in [-0.2, -0.15) is 0 Å². The standard InChI is InChI=1S/C19H20Cl2N2/c20-14-7-8-15(18(21)10-14)17-12-23-19(16(17)11-22)9-6-13-4-2-1-3-5-13/h1-5,7-8,10,19,23H,6,9,11-12,22H2. The van der Waals surface area contributed by atoms with Crippen LogP contribution in [-0.2, 0) is 6.42 Å². The molecule has 1 aliphatic rings. The average molecular weight is 347 g/mol. The van der Waals surface area contributed by atoms with Gasteiger partial charge in [0.2, 0.25) is 0 Å². The van der Waals surface area contributed by atoms with E-state index in [0.29, 0.717) is 22.6 Å². The van der Waals surface area contributed by atoms with Crippen LogP contribution >= 0.6 is 23.2 Å². The minimum absolute atomic E-state index is 0.307. The maximum atomic E-state index is 6.37. The maximum absolute atomic E-state index is 6.37. The van der Waals surface area contributed by atoms with Crippen LogP contribution in [0.1, 0.15) is 17.5 Å². The summed E-state index contributed by atoms with van der Waals surface area (Å²) < 4.78 is 0. The van der Waals surface area contributed by atoms with Crippen LogP contribution in [0.5, 0.6) is 0 Å². The highest BCUT2D eigenvalue weighted by Gasteiger charge is 2.25. The molecule has 0 spiro atoms. The third-order valence-corrected chi connectivity index (χ3v) is 4.92. The fraction of sp³-hybridized carbons (Fsp3) is 0.263. The lowest BCUT2D eigenvalue weighted by Gasteiger charge is -2.15. The van der Waals surface area contributed by atoms with Crippen LogP contribution in [0.2, 0.25) is 10.0 Å². The SMILES string of the molecule is NCC1=C(c2ccc(Cl)cc2Cl)CNC1CCc1ccccc1. The monoisotopic (exact) mass is 346 g/mol. The molecule has 1 atom stereocenters. The fourth-order valence-corrected chi connectivity index (χ4v) is 3.69. The van der Waals surface area contributed by atoms with Crippen molar-refractivity contribution >= 4 is 28.8 Å². The molecule has 2 aromatic carbocycles. The van der Waals surface area contributed by atoms with Gasteiger partial charge in [0.15, 0.2) is 0 Å². The van der Waals surface area contributed by atoms with E-state index in [-0.39, 0.29) is 0 Å². The first kappa shape index (κ1) is 16.5. The van der Waals surface area contributed by atoms with Crippen LogP contribution in [0.15, 0.2) is 54.1 Å². The molecule has 3 rings (SSSR count). The van der Waals surface area contributed by atoms with E-state index in [1.807, 2.05) is 18.2 Å². The van der Waals surface area contributed by atoms with Gasteiger partial charge >= 0.3 is 0 Å². The third kappa shape index (κ3) is 3.78. The van der Waals surface area contributed by atoms with E-state index in [0.717, 1.165) is 24.9 Å². The van der Waals surface area contributed by atoms with Gasteiger partial charge in [-0.3, -0.25) is 0 Å². The predicted octanol–water partition coefficient (Wildman–Crippen LogP) is 4.31. The van der Waals surface area contributed by atoms with Gasteiger partial charge in [-0.05, 0) is 47.2 Å². The van der Waals surface area contributed by atoms with Gasteiger partial charge in [-0.15, -0.1) is 0 Å². The molecule has 0 amide bonds. The van der Waals surface area contributed by atoms with Crippen molar-refractivity contribution in [1.29, 1.82) is 0 Å². The molecule has 0 bridgehead atoms. The molecule has 23 heavy (non-hydrogen) atoms. The summed E-state index contributed by atoms with van der Waals surface area (Å²) in [6, 6.07) is 16.5. The molecular weight excluding hydrogens is 327 g/mol. The summed E-state index contributed by atoms with van der Waals surface area (Å²) in [6.07, 6.45) is 2.06. The molecule has 2 aromatic rings. The maximum Gasteiger partial charge on any atom is 0.0496 e. The van der Waals surface area contributed by atoms with Crippen molar-refractivity contribution in [3.8, 4) is 0 Å². The molecule has 0 radical (unpaired) electrons. The highest BCUT2D eigenvalue weighted by atomic mass is 35.5. The summed E-state index contributed by atoms with van der Waals surface area (Å²) in [5.41, 5.74) is 10.9. The molecule has 0 aromatic heterocycles. The molecule has 1 heterocycles. The Kier molecular flexibility index (Phi) is 5.39. The van der Waals surface area contributed by atoms with Crippen LogP contribution in [0, 0.1) is 0 Å². The van der Waals surface area contributed by atoms with Gasteiger partial charge in [0, 0.05) is 29.2 Å². The number of hydrogen-bond donors (Lipinski definition) is 2. The van der Waals surface area contributed by atoms with Crippen molar-refractivity contribution in [3.05, 3.63) is 75.3 Å². The van der Waals surface area contributed by atoms with Crippen molar-refractivity contribution in [2.24, 2.45) is 5.73 Å². The second-order valence-electron chi connectivity index (χ2n) is 5.79. The quantitative estimate of drug-likeness (QED) is 0.846. The number of rotatable bonds is 5. The number of nitrogens with one attached hydrogen (secondary N) is 1. The van der Waals surface area contributed by atoms with Crippen LogP contribution in [0.25, 0.3) is 5.57 Å². The zero-order chi connectivity index (χ0) is 16.2. The third-order valence-electron chi connectivity index (χ3n) is 4.37. The molecule has 120 valence electrons. The molecule has 0 saturated heterocycles. The van der Waals surface area contributed by atoms with Gasteiger partial charge in [-0.25, -0.2) is 0 Å². The molecule has 0 aliphatic carbocycles. The van der Waals surface area contributed by atoms with E-state index >= 15 is 0 Å². The Labute approximate surface area is 147 Å². The lowest BCUT2D eigenvalue weighted by atomic mass is 9.95. The number of halogens is 2. The Hall–Kier alpha value is -1.32. The number of benzene rings is 2. The zero-order valence-electron chi connectivity index (χ0n) is 12.9.